The Labute approximate surface area is 94.2 Å². The fourth-order valence-electron chi connectivity index (χ4n) is 1.10. The van der Waals surface area contributed by atoms with Gasteiger partial charge in [0.2, 0.25) is 0 Å². The van der Waals surface area contributed by atoms with Crippen LogP contribution < -0.4 is 4.74 Å². The zero-order chi connectivity index (χ0) is 12.0. The van der Waals surface area contributed by atoms with Crippen molar-refractivity contribution in [1.82, 2.24) is 0 Å². The van der Waals surface area contributed by atoms with Crippen LogP contribution in [0.3, 0.4) is 0 Å². The number of hydrogen-bond donors (Lipinski definition) is 0. The summed E-state index contributed by atoms with van der Waals surface area (Å²) in [6.07, 6.45) is 0.776. The number of esters is 2. The molecule has 1 rings (SSSR count). The Morgan fingerprint density at radius 1 is 1.25 bits per heavy atom. The van der Waals surface area contributed by atoms with Crippen LogP contribution in [0.4, 0.5) is 0 Å². The molecule has 0 saturated heterocycles. The molecule has 0 aliphatic rings. The first-order valence-electron chi connectivity index (χ1n) is 4.85. The maximum atomic E-state index is 11.1. The van der Waals surface area contributed by atoms with Gasteiger partial charge >= 0.3 is 11.9 Å². The van der Waals surface area contributed by atoms with Gasteiger partial charge in [-0.25, -0.2) is 4.79 Å². The quantitative estimate of drug-likeness (QED) is 0.576. The predicted molar refractivity (Wildman–Crippen MR) is 58.0 cm³/mol. The van der Waals surface area contributed by atoms with Gasteiger partial charge in [-0.05, 0) is 30.7 Å². The van der Waals surface area contributed by atoms with Crippen LogP contribution in [0.5, 0.6) is 5.75 Å². The lowest BCUT2D eigenvalue weighted by molar-refractivity contribution is -0.134. The van der Waals surface area contributed by atoms with Gasteiger partial charge < -0.3 is 9.47 Å². The van der Waals surface area contributed by atoms with E-state index in [2.05, 4.69) is 11.7 Å². The van der Waals surface area contributed by atoms with Crippen molar-refractivity contribution >= 4 is 11.9 Å². The van der Waals surface area contributed by atoms with Crippen LogP contribution in [-0.4, -0.2) is 19.0 Å². The van der Waals surface area contributed by atoms with E-state index in [1.165, 1.54) is 7.11 Å². The second-order valence-electron chi connectivity index (χ2n) is 3.09. The van der Waals surface area contributed by atoms with E-state index in [0.29, 0.717) is 17.7 Å². The highest BCUT2D eigenvalue weighted by Gasteiger charge is 2.06. The summed E-state index contributed by atoms with van der Waals surface area (Å²) in [5, 5.41) is 0. The van der Waals surface area contributed by atoms with Gasteiger partial charge in [-0.1, -0.05) is 6.92 Å². The summed E-state index contributed by atoms with van der Waals surface area (Å²) in [6, 6.07) is 6.18. The fraction of sp³-hybridized carbons (Fsp3) is 0.250. The minimum absolute atomic E-state index is 0.277. The van der Waals surface area contributed by atoms with Crippen molar-refractivity contribution in [1.29, 1.82) is 0 Å². The Morgan fingerprint density at radius 2 is 1.88 bits per heavy atom. The van der Waals surface area contributed by atoms with E-state index in [4.69, 9.17) is 4.74 Å². The van der Waals surface area contributed by atoms with E-state index in [1.807, 2.05) is 0 Å². The first-order chi connectivity index (χ1) is 7.67. The third-order valence-corrected chi connectivity index (χ3v) is 1.89. The first kappa shape index (κ1) is 12.2. The van der Waals surface area contributed by atoms with E-state index < -0.39 is 5.97 Å². The molecular formula is C12H13O4. The van der Waals surface area contributed by atoms with Gasteiger partial charge in [0.05, 0.1) is 12.7 Å². The lowest BCUT2D eigenvalue weighted by atomic mass is 10.2. The minimum atomic E-state index is -0.421. The molecule has 0 spiro atoms. The van der Waals surface area contributed by atoms with E-state index in [0.717, 1.165) is 0 Å². The lowest BCUT2D eigenvalue weighted by Gasteiger charge is -2.04. The van der Waals surface area contributed by atoms with Crippen LogP contribution in [0.2, 0.25) is 0 Å². The summed E-state index contributed by atoms with van der Waals surface area (Å²) in [5.74, 6) is -0.345. The van der Waals surface area contributed by atoms with Gasteiger partial charge in [0.25, 0.3) is 0 Å². The second-order valence-corrected chi connectivity index (χ2v) is 3.09. The lowest BCUT2D eigenvalue weighted by Crippen LogP contribution is -2.07. The standard InChI is InChI=1S/C12H13O4/c1-3-4-11(13)16-10-7-5-9(6-8-10)12(14)15-2/h5-8H,1,3-4H2,2H3. The molecule has 0 aliphatic heterocycles. The largest absolute Gasteiger partial charge is 0.465 e. The van der Waals surface area contributed by atoms with Crippen molar-refractivity contribution in [2.24, 2.45) is 0 Å². The highest BCUT2D eigenvalue weighted by Crippen LogP contribution is 2.13. The topological polar surface area (TPSA) is 52.6 Å². The number of methoxy groups -OCH3 is 1. The predicted octanol–water partition coefficient (Wildman–Crippen LogP) is 1.99. The number of hydrogen-bond acceptors (Lipinski definition) is 4. The van der Waals surface area contributed by atoms with E-state index in [-0.39, 0.29) is 12.4 Å². The Bertz CT molecular complexity index is 367. The molecule has 0 amide bonds. The summed E-state index contributed by atoms with van der Waals surface area (Å²) in [7, 11) is 1.31. The monoisotopic (exact) mass is 221 g/mol. The molecule has 0 bridgehead atoms. The van der Waals surface area contributed by atoms with Crippen LogP contribution in [0.1, 0.15) is 23.2 Å². The molecule has 0 aliphatic carbocycles. The molecule has 0 atom stereocenters. The molecule has 0 saturated carbocycles. The van der Waals surface area contributed by atoms with Crippen LogP contribution >= 0.6 is 0 Å². The Kier molecular flexibility index (Phi) is 4.51. The summed E-state index contributed by atoms with van der Waals surface area (Å²) in [5.41, 5.74) is 0.416. The zero-order valence-corrected chi connectivity index (χ0v) is 9.06. The molecule has 0 fully saturated rings. The summed E-state index contributed by atoms with van der Waals surface area (Å²) in [4.78, 5) is 22.2. The van der Waals surface area contributed by atoms with Crippen molar-refractivity contribution in [3.05, 3.63) is 36.8 Å². The number of carbonyl (C=O) groups is 2. The second kappa shape index (κ2) is 5.90. The molecule has 0 N–H and O–H groups in total. The smallest absolute Gasteiger partial charge is 0.337 e. The average Bonchev–Trinajstić information content (AvgIpc) is 2.29. The van der Waals surface area contributed by atoms with Crippen molar-refractivity contribution in [3.63, 3.8) is 0 Å². The third kappa shape index (κ3) is 3.38. The molecule has 16 heavy (non-hydrogen) atoms. The zero-order valence-electron chi connectivity index (χ0n) is 9.06. The number of rotatable bonds is 4. The maximum Gasteiger partial charge on any atom is 0.337 e. The molecule has 1 radical (unpaired) electrons. The van der Waals surface area contributed by atoms with E-state index >= 15 is 0 Å². The van der Waals surface area contributed by atoms with Gasteiger partial charge in [-0.15, -0.1) is 0 Å². The third-order valence-electron chi connectivity index (χ3n) is 1.89. The summed E-state index contributed by atoms with van der Waals surface area (Å²) < 4.78 is 9.53. The van der Waals surface area contributed by atoms with Crippen LogP contribution in [-0.2, 0) is 9.53 Å². The number of ether oxygens (including phenoxy) is 2. The molecule has 4 heteroatoms. The number of benzene rings is 1. The minimum Gasteiger partial charge on any atom is -0.465 e. The summed E-state index contributed by atoms with van der Waals surface area (Å²) in [6.45, 7) is 3.55. The molecule has 0 aromatic heterocycles. The van der Waals surface area contributed by atoms with Crippen molar-refractivity contribution in [3.8, 4) is 5.75 Å². The highest BCUT2D eigenvalue weighted by molar-refractivity contribution is 5.89. The molecule has 1 aromatic rings. The molecule has 0 unspecified atom stereocenters. The first-order valence-corrected chi connectivity index (χ1v) is 4.85. The van der Waals surface area contributed by atoms with Gasteiger partial charge in [0, 0.05) is 6.42 Å². The average molecular weight is 221 g/mol. The van der Waals surface area contributed by atoms with E-state index in [9.17, 15) is 9.59 Å². The molecular weight excluding hydrogens is 208 g/mol. The fourth-order valence-corrected chi connectivity index (χ4v) is 1.10. The Morgan fingerprint density at radius 3 is 2.38 bits per heavy atom. The normalized spacial score (nSPS) is 9.62. The molecule has 1 aromatic carbocycles. The van der Waals surface area contributed by atoms with Crippen LogP contribution in [0, 0.1) is 6.92 Å². The molecule has 0 heterocycles. The SMILES string of the molecule is [CH2]CCC(=O)Oc1ccc(C(=O)OC)cc1. The Balaban J connectivity index is 2.64. The van der Waals surface area contributed by atoms with Gasteiger partial charge in [0.15, 0.2) is 0 Å². The Hall–Kier alpha value is -1.84. The van der Waals surface area contributed by atoms with E-state index in [1.54, 1.807) is 24.3 Å². The van der Waals surface area contributed by atoms with Crippen molar-refractivity contribution in [2.75, 3.05) is 7.11 Å². The molecule has 4 nitrogen and oxygen atoms in total. The highest BCUT2D eigenvalue weighted by atomic mass is 16.5. The van der Waals surface area contributed by atoms with Crippen molar-refractivity contribution < 1.29 is 19.1 Å². The van der Waals surface area contributed by atoms with Crippen molar-refractivity contribution in [2.45, 2.75) is 12.8 Å². The van der Waals surface area contributed by atoms with Crippen LogP contribution in [0.25, 0.3) is 0 Å². The van der Waals surface area contributed by atoms with Gasteiger partial charge in [-0.3, -0.25) is 4.79 Å². The number of carbonyl (C=O) groups excluding carboxylic acids is 2. The van der Waals surface area contributed by atoms with Crippen LogP contribution in [0.15, 0.2) is 24.3 Å². The van der Waals surface area contributed by atoms with Gasteiger partial charge in [-0.2, -0.15) is 0 Å². The maximum absolute atomic E-state index is 11.1. The summed E-state index contributed by atoms with van der Waals surface area (Å²) >= 11 is 0. The molecule has 85 valence electrons. The van der Waals surface area contributed by atoms with Gasteiger partial charge in [0.1, 0.15) is 5.75 Å².